The fraction of sp³-hybridized carbons (Fsp3) is 0.562. The lowest BCUT2D eigenvalue weighted by Crippen LogP contribution is -2.37. The predicted molar refractivity (Wildman–Crippen MR) is 102 cm³/mol. The number of rotatable bonds is 7. The van der Waals surface area contributed by atoms with Crippen molar-refractivity contribution in [3.05, 3.63) is 35.1 Å². The number of ether oxygens (including phenoxy) is 1. The van der Waals surface area contributed by atoms with Gasteiger partial charge in [0.1, 0.15) is 0 Å². The van der Waals surface area contributed by atoms with Crippen LogP contribution in [0.5, 0.6) is 0 Å². The number of nitrogens with one attached hydrogen (secondary N) is 1. The SMILES string of the molecule is I.NC(=NCCCN1CCOCC1)NCCc1cc(F)c(F)c(F)c1. The van der Waals surface area contributed by atoms with Gasteiger partial charge in [-0.15, -0.1) is 24.0 Å². The van der Waals surface area contributed by atoms with E-state index in [9.17, 15) is 13.2 Å². The number of guanidine groups is 1. The van der Waals surface area contributed by atoms with Gasteiger partial charge in [-0.25, -0.2) is 13.2 Å². The van der Waals surface area contributed by atoms with E-state index in [2.05, 4.69) is 15.2 Å². The Balaban J connectivity index is 0.00000312. The van der Waals surface area contributed by atoms with Gasteiger partial charge in [-0.2, -0.15) is 0 Å². The quantitative estimate of drug-likeness (QED) is 0.209. The monoisotopic (exact) mass is 472 g/mol. The summed E-state index contributed by atoms with van der Waals surface area (Å²) in [4.78, 5) is 6.53. The second kappa shape index (κ2) is 11.5. The average Bonchev–Trinajstić information content (AvgIpc) is 2.57. The van der Waals surface area contributed by atoms with Crippen molar-refractivity contribution in [3.8, 4) is 0 Å². The highest BCUT2D eigenvalue weighted by atomic mass is 127. The minimum Gasteiger partial charge on any atom is -0.379 e. The molecule has 1 aromatic carbocycles. The summed E-state index contributed by atoms with van der Waals surface area (Å²) in [6.07, 6.45) is 1.22. The molecule has 1 saturated heterocycles. The number of hydrogen-bond donors (Lipinski definition) is 2. The first-order valence-electron chi connectivity index (χ1n) is 8.03. The molecule has 1 heterocycles. The number of morpholine rings is 1. The van der Waals surface area contributed by atoms with Crippen LogP contribution in [-0.2, 0) is 11.2 Å². The normalized spacial score (nSPS) is 15.7. The molecular formula is C16H24F3IN4O. The van der Waals surface area contributed by atoms with Crippen LogP contribution in [-0.4, -0.2) is 56.8 Å². The zero-order valence-corrected chi connectivity index (χ0v) is 16.3. The van der Waals surface area contributed by atoms with Gasteiger partial charge in [0.2, 0.25) is 0 Å². The zero-order valence-electron chi connectivity index (χ0n) is 13.9. The van der Waals surface area contributed by atoms with E-state index in [4.69, 9.17) is 10.5 Å². The van der Waals surface area contributed by atoms with Gasteiger partial charge in [0.25, 0.3) is 0 Å². The minimum absolute atomic E-state index is 0. The highest BCUT2D eigenvalue weighted by Gasteiger charge is 2.10. The summed E-state index contributed by atoms with van der Waals surface area (Å²) in [6.45, 7) is 5.37. The topological polar surface area (TPSA) is 62.9 Å². The maximum Gasteiger partial charge on any atom is 0.194 e. The Hall–Kier alpha value is -1.07. The molecule has 0 saturated carbocycles. The fourth-order valence-corrected chi connectivity index (χ4v) is 2.46. The van der Waals surface area contributed by atoms with Crippen LogP contribution in [0, 0.1) is 17.5 Å². The van der Waals surface area contributed by atoms with Gasteiger partial charge in [0.05, 0.1) is 13.2 Å². The summed E-state index contributed by atoms with van der Waals surface area (Å²) in [5.41, 5.74) is 6.10. The summed E-state index contributed by atoms with van der Waals surface area (Å²) in [5, 5.41) is 2.88. The van der Waals surface area contributed by atoms with E-state index in [0.717, 1.165) is 51.4 Å². The third-order valence-electron chi connectivity index (χ3n) is 3.78. The van der Waals surface area contributed by atoms with Crippen molar-refractivity contribution in [1.29, 1.82) is 0 Å². The van der Waals surface area contributed by atoms with E-state index in [1.165, 1.54) is 0 Å². The highest BCUT2D eigenvalue weighted by molar-refractivity contribution is 14.0. The molecule has 3 N–H and O–H groups in total. The highest BCUT2D eigenvalue weighted by Crippen LogP contribution is 2.13. The second-order valence-corrected chi connectivity index (χ2v) is 5.62. The van der Waals surface area contributed by atoms with Gasteiger partial charge >= 0.3 is 0 Å². The lowest BCUT2D eigenvalue weighted by molar-refractivity contribution is 0.0377. The Morgan fingerprint density at radius 2 is 1.84 bits per heavy atom. The number of hydrogen-bond acceptors (Lipinski definition) is 3. The molecule has 0 aromatic heterocycles. The third-order valence-corrected chi connectivity index (χ3v) is 3.78. The standard InChI is InChI=1S/C16H23F3N4O.HI/c17-13-10-12(11-14(18)15(13)19)2-4-22-16(20)21-3-1-5-23-6-8-24-9-7-23;/h10-11H,1-9H2,(H3,20,21,22);1H. The largest absolute Gasteiger partial charge is 0.379 e. The zero-order chi connectivity index (χ0) is 17.4. The molecule has 142 valence electrons. The Kier molecular flexibility index (Phi) is 10.1. The van der Waals surface area contributed by atoms with Crippen LogP contribution < -0.4 is 11.1 Å². The molecule has 9 heteroatoms. The van der Waals surface area contributed by atoms with Crippen LogP contribution in [0.15, 0.2) is 17.1 Å². The van der Waals surface area contributed by atoms with Crippen LogP contribution in [0.3, 0.4) is 0 Å². The molecule has 0 aliphatic carbocycles. The first kappa shape index (κ1) is 22.0. The molecule has 0 bridgehead atoms. The Bertz CT molecular complexity index is 545. The summed E-state index contributed by atoms with van der Waals surface area (Å²) in [7, 11) is 0. The van der Waals surface area contributed by atoms with Crippen molar-refractivity contribution >= 4 is 29.9 Å². The van der Waals surface area contributed by atoms with Crippen molar-refractivity contribution < 1.29 is 17.9 Å². The lowest BCUT2D eigenvalue weighted by Gasteiger charge is -2.26. The van der Waals surface area contributed by atoms with Gasteiger partial charge in [0.15, 0.2) is 23.4 Å². The molecule has 1 aliphatic rings. The molecule has 2 rings (SSSR count). The molecule has 0 unspecified atom stereocenters. The first-order chi connectivity index (χ1) is 11.6. The van der Waals surface area contributed by atoms with Gasteiger partial charge in [-0.05, 0) is 30.5 Å². The van der Waals surface area contributed by atoms with Gasteiger partial charge < -0.3 is 15.8 Å². The Labute approximate surface area is 162 Å². The maximum atomic E-state index is 13.1. The maximum absolute atomic E-state index is 13.1. The van der Waals surface area contributed by atoms with E-state index in [1.807, 2.05) is 0 Å². The van der Waals surface area contributed by atoms with Gasteiger partial charge in [-0.3, -0.25) is 9.89 Å². The molecule has 25 heavy (non-hydrogen) atoms. The van der Waals surface area contributed by atoms with Crippen molar-refractivity contribution in [1.82, 2.24) is 10.2 Å². The fourth-order valence-electron chi connectivity index (χ4n) is 2.46. The molecule has 1 fully saturated rings. The number of benzene rings is 1. The molecule has 0 amide bonds. The van der Waals surface area contributed by atoms with E-state index in [1.54, 1.807) is 0 Å². The molecule has 1 aromatic rings. The smallest absolute Gasteiger partial charge is 0.194 e. The summed E-state index contributed by atoms with van der Waals surface area (Å²) in [6, 6.07) is 1.96. The van der Waals surface area contributed by atoms with Crippen molar-refractivity contribution in [2.75, 3.05) is 45.9 Å². The van der Waals surface area contributed by atoms with Crippen LogP contribution in [0.25, 0.3) is 0 Å². The minimum atomic E-state index is -1.45. The van der Waals surface area contributed by atoms with Crippen molar-refractivity contribution in [2.45, 2.75) is 12.8 Å². The van der Waals surface area contributed by atoms with Crippen LogP contribution >= 0.6 is 24.0 Å². The van der Waals surface area contributed by atoms with Crippen LogP contribution in [0.2, 0.25) is 0 Å². The van der Waals surface area contributed by atoms with E-state index >= 15 is 0 Å². The lowest BCUT2D eigenvalue weighted by atomic mass is 10.1. The molecule has 0 spiro atoms. The van der Waals surface area contributed by atoms with Gasteiger partial charge in [0, 0.05) is 32.7 Å². The van der Waals surface area contributed by atoms with Crippen molar-refractivity contribution in [3.63, 3.8) is 0 Å². The molecule has 1 aliphatic heterocycles. The third kappa shape index (κ3) is 7.78. The number of aliphatic imine (C=N–C) groups is 1. The van der Waals surface area contributed by atoms with Gasteiger partial charge in [-0.1, -0.05) is 0 Å². The first-order valence-corrected chi connectivity index (χ1v) is 8.03. The van der Waals surface area contributed by atoms with E-state index < -0.39 is 17.5 Å². The van der Waals surface area contributed by atoms with Crippen LogP contribution in [0.1, 0.15) is 12.0 Å². The van der Waals surface area contributed by atoms with Crippen molar-refractivity contribution in [2.24, 2.45) is 10.7 Å². The number of nitrogens with zero attached hydrogens (tertiary/aromatic N) is 2. The molecule has 5 nitrogen and oxygen atoms in total. The summed E-state index contributed by atoms with van der Waals surface area (Å²) < 4.78 is 44.3. The Morgan fingerprint density at radius 3 is 2.48 bits per heavy atom. The number of nitrogens with two attached hydrogens (primary N) is 1. The second-order valence-electron chi connectivity index (χ2n) is 5.62. The summed E-state index contributed by atoms with van der Waals surface area (Å²) in [5.74, 6) is -3.53. The summed E-state index contributed by atoms with van der Waals surface area (Å²) >= 11 is 0. The predicted octanol–water partition coefficient (Wildman–Crippen LogP) is 1.89. The average molecular weight is 472 g/mol. The van der Waals surface area contributed by atoms with E-state index in [-0.39, 0.29) is 24.0 Å². The number of halogens is 4. The van der Waals surface area contributed by atoms with E-state index in [0.29, 0.717) is 31.0 Å². The molecule has 0 atom stereocenters. The van der Waals surface area contributed by atoms with Crippen LogP contribution in [0.4, 0.5) is 13.2 Å². The Morgan fingerprint density at radius 1 is 1.20 bits per heavy atom. The molecular weight excluding hydrogens is 448 g/mol. The molecule has 0 radical (unpaired) electrons.